The Bertz CT molecular complexity index is 417. The zero-order valence-corrected chi connectivity index (χ0v) is 8.84. The average Bonchev–Trinajstić information content (AvgIpc) is 2.11. The molecule has 3 nitrogen and oxygen atoms in total. The Hall–Kier alpha value is -1.49. The van der Waals surface area contributed by atoms with Crippen molar-refractivity contribution in [1.29, 1.82) is 0 Å². The number of carbonyl (C=O) groups excluding carboxylic acids is 1. The van der Waals surface area contributed by atoms with E-state index in [9.17, 15) is 13.6 Å². The summed E-state index contributed by atoms with van der Waals surface area (Å²) in [4.78, 5) is 13.2. The molecule has 1 aliphatic heterocycles. The van der Waals surface area contributed by atoms with Gasteiger partial charge < -0.3 is 10.6 Å². The van der Waals surface area contributed by atoms with E-state index in [-0.39, 0.29) is 17.0 Å². The topological polar surface area (TPSA) is 46.3 Å². The Labute approximate surface area is 91.8 Å². The molecule has 1 heterocycles. The minimum Gasteiger partial charge on any atom is -0.335 e. The van der Waals surface area contributed by atoms with Gasteiger partial charge in [0.15, 0.2) is 0 Å². The van der Waals surface area contributed by atoms with Crippen molar-refractivity contribution < 1.29 is 13.6 Å². The van der Waals surface area contributed by atoms with Crippen LogP contribution in [0.4, 0.5) is 8.78 Å². The smallest absolute Gasteiger partial charge is 0.254 e. The molecule has 1 saturated heterocycles. The first-order valence-corrected chi connectivity index (χ1v) is 4.92. The first-order chi connectivity index (χ1) is 7.37. The van der Waals surface area contributed by atoms with Crippen molar-refractivity contribution >= 4 is 5.91 Å². The third-order valence-corrected chi connectivity index (χ3v) is 2.50. The van der Waals surface area contributed by atoms with Crippen molar-refractivity contribution in [3.63, 3.8) is 0 Å². The normalized spacial score (nSPS) is 18.1. The Balaban J connectivity index is 2.16. The maximum absolute atomic E-state index is 12.9. The molecule has 0 radical (unpaired) electrons. The maximum Gasteiger partial charge on any atom is 0.254 e. The Kier molecular flexibility index (Phi) is 2.42. The summed E-state index contributed by atoms with van der Waals surface area (Å²) < 4.78 is 25.8. The molecule has 0 unspecified atom stereocenters. The molecule has 1 aromatic rings. The number of rotatable bonds is 1. The molecule has 5 heteroatoms. The van der Waals surface area contributed by atoms with Crippen LogP contribution in [0, 0.1) is 11.6 Å². The lowest BCUT2D eigenvalue weighted by Crippen LogP contribution is -2.66. The number of halogens is 2. The van der Waals surface area contributed by atoms with Crippen LogP contribution in [0.2, 0.25) is 0 Å². The number of nitrogens with zero attached hydrogens (tertiary/aromatic N) is 1. The fourth-order valence-corrected chi connectivity index (χ4v) is 1.83. The van der Waals surface area contributed by atoms with E-state index < -0.39 is 11.6 Å². The van der Waals surface area contributed by atoms with Crippen molar-refractivity contribution in [2.24, 2.45) is 5.73 Å². The quantitative estimate of drug-likeness (QED) is 0.780. The highest BCUT2D eigenvalue weighted by atomic mass is 19.1. The van der Waals surface area contributed by atoms with Gasteiger partial charge in [0.05, 0.1) is 0 Å². The lowest BCUT2D eigenvalue weighted by Gasteiger charge is -2.45. The van der Waals surface area contributed by atoms with Gasteiger partial charge in [-0.05, 0) is 19.1 Å². The zero-order chi connectivity index (χ0) is 11.9. The highest BCUT2D eigenvalue weighted by Gasteiger charge is 2.38. The second-order valence-electron chi connectivity index (χ2n) is 4.47. The molecule has 1 fully saturated rings. The van der Waals surface area contributed by atoms with Crippen LogP contribution in [0.15, 0.2) is 18.2 Å². The van der Waals surface area contributed by atoms with Crippen molar-refractivity contribution in [3.8, 4) is 0 Å². The van der Waals surface area contributed by atoms with Crippen LogP contribution in [-0.4, -0.2) is 29.4 Å². The first-order valence-electron chi connectivity index (χ1n) is 4.92. The fourth-order valence-electron chi connectivity index (χ4n) is 1.83. The highest BCUT2D eigenvalue weighted by molar-refractivity contribution is 5.95. The van der Waals surface area contributed by atoms with Crippen molar-refractivity contribution in [2.75, 3.05) is 13.1 Å². The van der Waals surface area contributed by atoms with E-state index in [1.165, 1.54) is 4.90 Å². The summed E-state index contributed by atoms with van der Waals surface area (Å²) >= 11 is 0. The lowest BCUT2D eigenvalue weighted by atomic mass is 9.93. The van der Waals surface area contributed by atoms with Gasteiger partial charge in [0.1, 0.15) is 11.6 Å². The molecular formula is C11H12F2N2O. The number of likely N-dealkylation sites (tertiary alicyclic amines) is 1. The Morgan fingerprint density at radius 1 is 1.31 bits per heavy atom. The molecule has 0 bridgehead atoms. The summed E-state index contributed by atoms with van der Waals surface area (Å²) in [5.41, 5.74) is 5.38. The predicted molar refractivity (Wildman–Crippen MR) is 54.9 cm³/mol. The van der Waals surface area contributed by atoms with Gasteiger partial charge in [-0.25, -0.2) is 8.78 Å². The number of hydrogen-bond acceptors (Lipinski definition) is 2. The molecule has 2 rings (SSSR count). The van der Waals surface area contributed by atoms with Crippen LogP contribution in [0.3, 0.4) is 0 Å². The lowest BCUT2D eigenvalue weighted by molar-refractivity contribution is 0.0453. The molecule has 0 aromatic heterocycles. The number of hydrogen-bond donors (Lipinski definition) is 1. The van der Waals surface area contributed by atoms with E-state index in [1.54, 1.807) is 0 Å². The van der Waals surface area contributed by atoms with Crippen LogP contribution < -0.4 is 5.73 Å². The van der Waals surface area contributed by atoms with Gasteiger partial charge in [-0.2, -0.15) is 0 Å². The molecule has 1 aliphatic rings. The summed E-state index contributed by atoms with van der Waals surface area (Å²) in [7, 11) is 0. The second kappa shape index (κ2) is 3.52. The minimum absolute atomic E-state index is 0.0213. The van der Waals surface area contributed by atoms with E-state index in [0.29, 0.717) is 13.1 Å². The Morgan fingerprint density at radius 2 is 1.81 bits per heavy atom. The van der Waals surface area contributed by atoms with Crippen LogP contribution in [-0.2, 0) is 0 Å². The summed E-state index contributed by atoms with van der Waals surface area (Å²) in [5, 5.41) is 0. The summed E-state index contributed by atoms with van der Waals surface area (Å²) in [6.45, 7) is 2.64. The molecule has 1 aromatic carbocycles. The molecule has 0 atom stereocenters. The first kappa shape index (κ1) is 11.0. The van der Waals surface area contributed by atoms with Crippen LogP contribution in [0.5, 0.6) is 0 Å². The molecule has 86 valence electrons. The third kappa shape index (κ3) is 2.04. The number of nitrogens with two attached hydrogens (primary N) is 1. The third-order valence-electron chi connectivity index (χ3n) is 2.50. The van der Waals surface area contributed by atoms with E-state index >= 15 is 0 Å². The van der Waals surface area contributed by atoms with E-state index in [1.807, 2.05) is 6.92 Å². The fraction of sp³-hybridized carbons (Fsp3) is 0.364. The minimum atomic E-state index is -0.751. The van der Waals surface area contributed by atoms with E-state index in [4.69, 9.17) is 5.73 Å². The van der Waals surface area contributed by atoms with Gasteiger partial charge >= 0.3 is 0 Å². The number of amides is 1. The molecular weight excluding hydrogens is 214 g/mol. The maximum atomic E-state index is 12.9. The van der Waals surface area contributed by atoms with Gasteiger partial charge in [0.25, 0.3) is 5.91 Å². The van der Waals surface area contributed by atoms with Gasteiger partial charge in [-0.1, -0.05) is 0 Å². The standard InChI is InChI=1S/C11H12F2N2O/c1-11(14)5-15(6-11)10(16)7-2-8(12)4-9(13)3-7/h2-4H,5-6,14H2,1H3. The van der Waals surface area contributed by atoms with E-state index in [0.717, 1.165) is 18.2 Å². The molecule has 2 N–H and O–H groups in total. The number of carbonyl (C=O) groups is 1. The average molecular weight is 226 g/mol. The summed E-state index contributed by atoms with van der Waals surface area (Å²) in [6.07, 6.45) is 0. The van der Waals surface area contributed by atoms with Crippen LogP contribution >= 0.6 is 0 Å². The van der Waals surface area contributed by atoms with Gasteiger partial charge in [0, 0.05) is 30.3 Å². The monoisotopic (exact) mass is 226 g/mol. The Morgan fingerprint density at radius 3 is 2.25 bits per heavy atom. The highest BCUT2D eigenvalue weighted by Crippen LogP contribution is 2.20. The molecule has 1 amide bonds. The predicted octanol–water partition coefficient (Wildman–Crippen LogP) is 1.14. The van der Waals surface area contributed by atoms with Crippen molar-refractivity contribution in [2.45, 2.75) is 12.5 Å². The second-order valence-corrected chi connectivity index (χ2v) is 4.47. The molecule has 0 aliphatic carbocycles. The number of benzene rings is 1. The summed E-state index contributed by atoms with van der Waals surface area (Å²) in [5.74, 6) is -1.89. The molecule has 0 spiro atoms. The van der Waals surface area contributed by atoms with Crippen molar-refractivity contribution in [3.05, 3.63) is 35.4 Å². The van der Waals surface area contributed by atoms with E-state index in [2.05, 4.69) is 0 Å². The van der Waals surface area contributed by atoms with Gasteiger partial charge in [-0.15, -0.1) is 0 Å². The molecule has 16 heavy (non-hydrogen) atoms. The molecule has 0 saturated carbocycles. The summed E-state index contributed by atoms with van der Waals surface area (Å²) in [6, 6.07) is 2.79. The zero-order valence-electron chi connectivity index (χ0n) is 8.84. The largest absolute Gasteiger partial charge is 0.335 e. The van der Waals surface area contributed by atoms with Crippen LogP contribution in [0.1, 0.15) is 17.3 Å². The van der Waals surface area contributed by atoms with Gasteiger partial charge in [0.2, 0.25) is 0 Å². The van der Waals surface area contributed by atoms with Crippen molar-refractivity contribution in [1.82, 2.24) is 4.90 Å². The van der Waals surface area contributed by atoms with Crippen LogP contribution in [0.25, 0.3) is 0 Å². The van der Waals surface area contributed by atoms with Gasteiger partial charge in [-0.3, -0.25) is 4.79 Å². The SMILES string of the molecule is CC1(N)CN(C(=O)c2cc(F)cc(F)c2)C1.